The first-order chi connectivity index (χ1) is 9.21. The van der Waals surface area contributed by atoms with Gasteiger partial charge in [0.25, 0.3) is 0 Å². The van der Waals surface area contributed by atoms with Crippen LogP contribution in [0.15, 0.2) is 12.1 Å². The highest BCUT2D eigenvalue weighted by Crippen LogP contribution is 2.43. The summed E-state index contributed by atoms with van der Waals surface area (Å²) in [6.45, 7) is 10.4. The Labute approximate surface area is 126 Å². The van der Waals surface area contributed by atoms with E-state index in [2.05, 4.69) is 46.8 Å². The van der Waals surface area contributed by atoms with Gasteiger partial charge in [0.15, 0.2) is 0 Å². The molecule has 1 saturated heterocycles. The quantitative estimate of drug-likeness (QED) is 0.771. The van der Waals surface area contributed by atoms with Gasteiger partial charge in [0.2, 0.25) is 0 Å². The molecule has 1 heterocycles. The minimum Gasteiger partial charge on any atom is -0.399 e. The molecule has 20 heavy (non-hydrogen) atoms. The number of aryl methyl sites for hydroxylation is 1. The van der Waals surface area contributed by atoms with Gasteiger partial charge in [0.05, 0.1) is 11.2 Å². The van der Waals surface area contributed by atoms with Gasteiger partial charge in [0.1, 0.15) is 0 Å². The lowest BCUT2D eigenvalue weighted by Crippen LogP contribution is -2.41. The summed E-state index contributed by atoms with van der Waals surface area (Å²) in [5.74, 6) is 0.708. The van der Waals surface area contributed by atoms with Crippen molar-refractivity contribution in [2.45, 2.75) is 64.6 Å². The predicted octanol–water partition coefficient (Wildman–Crippen LogP) is 3.83. The first-order valence-electron chi connectivity index (χ1n) is 7.37. The fourth-order valence-corrected chi connectivity index (χ4v) is 2.97. The van der Waals surface area contributed by atoms with Gasteiger partial charge in [-0.2, -0.15) is 0 Å². The van der Waals surface area contributed by atoms with E-state index >= 15 is 0 Å². The van der Waals surface area contributed by atoms with Gasteiger partial charge >= 0.3 is 7.12 Å². The van der Waals surface area contributed by atoms with Gasteiger partial charge in [-0.1, -0.05) is 17.7 Å². The monoisotopic (exact) mass is 292 g/mol. The largest absolute Gasteiger partial charge is 0.496 e. The first-order valence-corrected chi connectivity index (χ1v) is 7.75. The summed E-state index contributed by atoms with van der Waals surface area (Å²) in [7, 11) is -0.376. The molecule has 1 aromatic rings. The molecule has 2 nitrogen and oxygen atoms in total. The fourth-order valence-electron chi connectivity index (χ4n) is 2.70. The average Bonchev–Trinajstić information content (AvgIpc) is 3.10. The van der Waals surface area contributed by atoms with Crippen LogP contribution in [-0.2, 0) is 9.31 Å². The van der Waals surface area contributed by atoms with Crippen LogP contribution < -0.4 is 5.46 Å². The number of hydrogen-bond acceptors (Lipinski definition) is 2. The Morgan fingerprint density at radius 3 is 2.15 bits per heavy atom. The second-order valence-electron chi connectivity index (χ2n) is 7.09. The zero-order valence-electron chi connectivity index (χ0n) is 12.9. The van der Waals surface area contributed by atoms with Crippen molar-refractivity contribution in [2.75, 3.05) is 0 Å². The maximum Gasteiger partial charge on any atom is 0.496 e. The summed E-state index contributed by atoms with van der Waals surface area (Å²) in [5.41, 5.74) is 2.97. The van der Waals surface area contributed by atoms with Gasteiger partial charge in [-0.3, -0.25) is 0 Å². The highest BCUT2D eigenvalue weighted by atomic mass is 35.5. The van der Waals surface area contributed by atoms with E-state index in [1.165, 1.54) is 24.0 Å². The molecule has 3 rings (SSSR count). The molecule has 0 unspecified atom stereocenters. The smallest absolute Gasteiger partial charge is 0.399 e. The van der Waals surface area contributed by atoms with E-state index < -0.39 is 0 Å². The second kappa shape index (κ2) is 4.49. The zero-order valence-corrected chi connectivity index (χ0v) is 13.7. The molecule has 1 saturated carbocycles. The van der Waals surface area contributed by atoms with E-state index in [0.717, 1.165) is 10.5 Å². The van der Waals surface area contributed by atoms with Crippen LogP contribution in [0, 0.1) is 6.92 Å². The van der Waals surface area contributed by atoms with Crippen LogP contribution in [0.25, 0.3) is 0 Å². The van der Waals surface area contributed by atoms with Crippen molar-refractivity contribution in [3.05, 3.63) is 28.3 Å². The van der Waals surface area contributed by atoms with Crippen LogP contribution in [0.2, 0.25) is 5.02 Å². The Bertz CT molecular complexity index is 534. The topological polar surface area (TPSA) is 18.5 Å². The van der Waals surface area contributed by atoms with Crippen molar-refractivity contribution >= 4 is 24.2 Å². The van der Waals surface area contributed by atoms with Crippen LogP contribution in [0.5, 0.6) is 0 Å². The molecule has 0 amide bonds. The van der Waals surface area contributed by atoms with Gasteiger partial charge in [-0.05, 0) is 70.6 Å². The predicted molar refractivity (Wildman–Crippen MR) is 83.9 cm³/mol. The van der Waals surface area contributed by atoms with Crippen molar-refractivity contribution in [3.8, 4) is 0 Å². The van der Waals surface area contributed by atoms with Crippen LogP contribution in [0.3, 0.4) is 0 Å². The van der Waals surface area contributed by atoms with E-state index in [9.17, 15) is 0 Å². The summed E-state index contributed by atoms with van der Waals surface area (Å²) < 4.78 is 12.2. The molecule has 0 bridgehead atoms. The molecule has 2 aliphatic rings. The van der Waals surface area contributed by atoms with Crippen molar-refractivity contribution in [3.63, 3.8) is 0 Å². The van der Waals surface area contributed by atoms with Crippen LogP contribution in [0.4, 0.5) is 0 Å². The highest BCUT2D eigenvalue weighted by molar-refractivity contribution is 6.65. The van der Waals surface area contributed by atoms with E-state index in [0.29, 0.717) is 5.92 Å². The van der Waals surface area contributed by atoms with Crippen LogP contribution in [0.1, 0.15) is 57.6 Å². The lowest BCUT2D eigenvalue weighted by atomic mass is 9.77. The number of rotatable bonds is 2. The third kappa shape index (κ3) is 2.30. The molecular formula is C16H22BClO2. The minimum atomic E-state index is -0.376. The summed E-state index contributed by atoms with van der Waals surface area (Å²) in [4.78, 5) is 0. The molecular weight excluding hydrogens is 270 g/mol. The van der Waals surface area contributed by atoms with Crippen molar-refractivity contribution in [1.82, 2.24) is 0 Å². The molecule has 1 aliphatic carbocycles. The van der Waals surface area contributed by atoms with Gasteiger partial charge in [0, 0.05) is 10.5 Å². The molecule has 0 atom stereocenters. The molecule has 0 spiro atoms. The first kappa shape index (κ1) is 14.4. The third-order valence-corrected chi connectivity index (χ3v) is 5.24. The fraction of sp³-hybridized carbons (Fsp3) is 0.625. The standard InChI is InChI=1S/C16H22BClO2/c1-10-8-13(14(18)9-12(10)11-6-7-11)17-19-15(2,3)16(4,5)20-17/h8-9,11H,6-7H2,1-5H3. The van der Waals surface area contributed by atoms with Gasteiger partial charge in [-0.25, -0.2) is 0 Å². The Balaban J connectivity index is 1.94. The third-order valence-electron chi connectivity index (χ3n) is 4.91. The van der Waals surface area contributed by atoms with E-state index in [-0.39, 0.29) is 18.3 Å². The van der Waals surface area contributed by atoms with Crippen molar-refractivity contribution in [2.24, 2.45) is 0 Å². The van der Waals surface area contributed by atoms with Gasteiger partial charge in [-0.15, -0.1) is 0 Å². The van der Waals surface area contributed by atoms with Gasteiger partial charge < -0.3 is 9.31 Å². The summed E-state index contributed by atoms with van der Waals surface area (Å²) in [6, 6.07) is 4.24. The molecule has 0 N–H and O–H groups in total. The lowest BCUT2D eigenvalue weighted by Gasteiger charge is -2.32. The van der Waals surface area contributed by atoms with Crippen LogP contribution in [-0.4, -0.2) is 18.3 Å². The molecule has 4 heteroatoms. The molecule has 1 aliphatic heterocycles. The number of hydrogen-bond donors (Lipinski definition) is 0. The number of halogens is 1. The Kier molecular flexibility index (Phi) is 3.24. The van der Waals surface area contributed by atoms with E-state index in [4.69, 9.17) is 20.9 Å². The Hall–Kier alpha value is -0.505. The number of benzene rings is 1. The highest BCUT2D eigenvalue weighted by Gasteiger charge is 2.52. The maximum absolute atomic E-state index is 6.48. The molecule has 2 fully saturated rings. The maximum atomic E-state index is 6.48. The molecule has 0 aromatic heterocycles. The summed E-state index contributed by atoms with van der Waals surface area (Å²) >= 11 is 6.48. The second-order valence-corrected chi connectivity index (χ2v) is 7.50. The van der Waals surface area contributed by atoms with E-state index in [1.807, 2.05) is 0 Å². The molecule has 108 valence electrons. The van der Waals surface area contributed by atoms with E-state index in [1.54, 1.807) is 0 Å². The SMILES string of the molecule is Cc1cc(B2OC(C)(C)C(C)(C)O2)c(Cl)cc1C1CC1. The normalized spacial score (nSPS) is 24.2. The van der Waals surface area contributed by atoms with Crippen LogP contribution >= 0.6 is 11.6 Å². The minimum absolute atomic E-state index is 0.329. The van der Waals surface area contributed by atoms with Crippen molar-refractivity contribution < 1.29 is 9.31 Å². The summed E-state index contributed by atoms with van der Waals surface area (Å²) in [5, 5.41) is 0.760. The molecule has 0 radical (unpaired) electrons. The van der Waals surface area contributed by atoms with Crippen molar-refractivity contribution in [1.29, 1.82) is 0 Å². The lowest BCUT2D eigenvalue weighted by molar-refractivity contribution is 0.00578. The average molecular weight is 293 g/mol. The molecule has 1 aromatic carbocycles. The zero-order chi connectivity index (χ0) is 14.7. The Morgan fingerprint density at radius 2 is 1.65 bits per heavy atom. The Morgan fingerprint density at radius 1 is 1.10 bits per heavy atom. The summed E-state index contributed by atoms with van der Waals surface area (Å²) in [6.07, 6.45) is 2.57.